The number of benzene rings is 1. The van der Waals surface area contributed by atoms with Crippen LogP contribution in [0.4, 0.5) is 0 Å². The molecule has 0 spiro atoms. The van der Waals surface area contributed by atoms with E-state index in [2.05, 4.69) is 16.8 Å². The number of hydrogen-bond donors (Lipinski definition) is 1. The molecule has 0 bridgehead atoms. The largest absolute Gasteiger partial charge is 0.355 e. The molecule has 106 valence electrons. The fraction of sp³-hybridized carbons (Fsp3) is 0.267. The summed E-state index contributed by atoms with van der Waals surface area (Å²) < 4.78 is 0. The number of thiophene rings is 1. The summed E-state index contributed by atoms with van der Waals surface area (Å²) >= 11 is 9.10. The fourth-order valence-corrected chi connectivity index (χ4v) is 3.41. The molecular weight excluding hydrogens is 310 g/mol. The Morgan fingerprint density at radius 2 is 2.10 bits per heavy atom. The second-order valence-electron chi connectivity index (χ2n) is 4.33. The van der Waals surface area contributed by atoms with Crippen LogP contribution < -0.4 is 5.32 Å². The lowest BCUT2D eigenvalue weighted by Crippen LogP contribution is -2.32. The molecule has 0 saturated heterocycles. The molecule has 0 fully saturated rings. The minimum Gasteiger partial charge on any atom is -0.355 e. The number of rotatable bonds is 6. The van der Waals surface area contributed by atoms with Crippen molar-refractivity contribution in [3.05, 3.63) is 51.7 Å². The molecule has 2 aromatic rings. The average molecular weight is 326 g/mol. The molecule has 1 N–H and O–H groups in total. The zero-order chi connectivity index (χ0) is 14.4. The van der Waals surface area contributed by atoms with Gasteiger partial charge in [-0.05, 0) is 49.1 Å². The van der Waals surface area contributed by atoms with Gasteiger partial charge in [0.25, 0.3) is 0 Å². The maximum atomic E-state index is 12.0. The predicted octanol–water partition coefficient (Wildman–Crippen LogP) is 4.24. The standard InChI is InChI=1S/C15H16ClNOS2/c1-11(20-14-6-4-12(16)5-7-14)15(18)17-9-8-13-3-2-10-19-13/h2-7,10-11H,8-9H2,1H3,(H,17,18)/t11-/m1/s1. The number of carbonyl (C=O) groups excluding carboxylic acids is 1. The highest BCUT2D eigenvalue weighted by Gasteiger charge is 2.13. The molecule has 2 nitrogen and oxygen atoms in total. The second kappa shape index (κ2) is 7.72. The Morgan fingerprint density at radius 3 is 2.75 bits per heavy atom. The lowest BCUT2D eigenvalue weighted by atomic mass is 10.3. The maximum absolute atomic E-state index is 12.0. The molecule has 20 heavy (non-hydrogen) atoms. The summed E-state index contributed by atoms with van der Waals surface area (Å²) in [5, 5.41) is 5.62. The summed E-state index contributed by atoms with van der Waals surface area (Å²) in [6, 6.07) is 11.7. The van der Waals surface area contributed by atoms with E-state index >= 15 is 0 Å². The van der Waals surface area contributed by atoms with E-state index in [4.69, 9.17) is 11.6 Å². The Kier molecular flexibility index (Phi) is 5.95. The Balaban J connectivity index is 1.75. The zero-order valence-electron chi connectivity index (χ0n) is 11.1. The molecular formula is C15H16ClNOS2. The summed E-state index contributed by atoms with van der Waals surface area (Å²) in [5.74, 6) is 0.0708. The normalized spacial score (nSPS) is 12.1. The molecule has 1 atom stereocenters. The van der Waals surface area contributed by atoms with Crippen molar-refractivity contribution in [2.45, 2.75) is 23.5 Å². The van der Waals surface area contributed by atoms with Crippen LogP contribution in [0.3, 0.4) is 0 Å². The van der Waals surface area contributed by atoms with Crippen molar-refractivity contribution < 1.29 is 4.79 Å². The van der Waals surface area contributed by atoms with Crippen molar-refractivity contribution in [3.63, 3.8) is 0 Å². The molecule has 1 aromatic heterocycles. The van der Waals surface area contributed by atoms with Crippen LogP contribution in [0, 0.1) is 0 Å². The molecule has 0 aliphatic rings. The minimum atomic E-state index is -0.112. The molecule has 0 aliphatic heterocycles. The van der Waals surface area contributed by atoms with Crippen molar-refractivity contribution >= 4 is 40.6 Å². The Bertz CT molecular complexity index is 540. The van der Waals surface area contributed by atoms with Crippen molar-refractivity contribution in [1.29, 1.82) is 0 Å². The summed E-state index contributed by atoms with van der Waals surface area (Å²) in [4.78, 5) is 14.3. The van der Waals surface area contributed by atoms with Gasteiger partial charge in [-0.15, -0.1) is 23.1 Å². The first-order valence-electron chi connectivity index (χ1n) is 6.37. The molecule has 0 aliphatic carbocycles. The highest BCUT2D eigenvalue weighted by Crippen LogP contribution is 2.24. The van der Waals surface area contributed by atoms with Gasteiger partial charge in [0.2, 0.25) is 5.91 Å². The van der Waals surface area contributed by atoms with Gasteiger partial charge in [-0.1, -0.05) is 17.7 Å². The number of amides is 1. The van der Waals surface area contributed by atoms with Crippen LogP contribution in [0.15, 0.2) is 46.7 Å². The predicted molar refractivity (Wildman–Crippen MR) is 87.8 cm³/mol. The first-order chi connectivity index (χ1) is 9.65. The molecule has 0 unspecified atom stereocenters. The number of nitrogens with one attached hydrogen (secondary N) is 1. The molecule has 1 aromatic carbocycles. The van der Waals surface area contributed by atoms with Gasteiger partial charge in [0.05, 0.1) is 5.25 Å². The third-order valence-corrected chi connectivity index (χ3v) is 5.05. The van der Waals surface area contributed by atoms with E-state index in [0.29, 0.717) is 11.6 Å². The monoisotopic (exact) mass is 325 g/mol. The summed E-state index contributed by atoms with van der Waals surface area (Å²) in [7, 11) is 0. The minimum absolute atomic E-state index is 0.0708. The second-order valence-corrected chi connectivity index (χ2v) is 7.22. The molecule has 0 saturated carbocycles. The fourth-order valence-electron chi connectivity index (χ4n) is 1.68. The van der Waals surface area contributed by atoms with E-state index in [1.807, 2.05) is 37.3 Å². The van der Waals surface area contributed by atoms with E-state index in [0.717, 1.165) is 11.3 Å². The topological polar surface area (TPSA) is 29.1 Å². The van der Waals surface area contributed by atoms with E-state index in [1.54, 1.807) is 23.1 Å². The van der Waals surface area contributed by atoms with Crippen molar-refractivity contribution in [3.8, 4) is 0 Å². The average Bonchev–Trinajstić information content (AvgIpc) is 2.94. The van der Waals surface area contributed by atoms with Crippen molar-refractivity contribution in [1.82, 2.24) is 5.32 Å². The van der Waals surface area contributed by atoms with E-state index in [1.165, 1.54) is 4.88 Å². The van der Waals surface area contributed by atoms with Crippen LogP contribution in [0.2, 0.25) is 5.02 Å². The maximum Gasteiger partial charge on any atom is 0.233 e. The van der Waals surface area contributed by atoms with Crippen molar-refractivity contribution in [2.24, 2.45) is 0 Å². The van der Waals surface area contributed by atoms with Gasteiger partial charge in [0.1, 0.15) is 0 Å². The zero-order valence-corrected chi connectivity index (χ0v) is 13.5. The van der Waals surface area contributed by atoms with E-state index in [9.17, 15) is 4.79 Å². The van der Waals surface area contributed by atoms with E-state index < -0.39 is 0 Å². The first-order valence-corrected chi connectivity index (χ1v) is 8.51. The molecule has 5 heteroatoms. The number of thioether (sulfide) groups is 1. The number of halogens is 1. The highest BCUT2D eigenvalue weighted by atomic mass is 35.5. The number of hydrogen-bond acceptors (Lipinski definition) is 3. The van der Waals surface area contributed by atoms with Crippen LogP contribution in [0.1, 0.15) is 11.8 Å². The van der Waals surface area contributed by atoms with Gasteiger partial charge in [0.15, 0.2) is 0 Å². The highest BCUT2D eigenvalue weighted by molar-refractivity contribution is 8.00. The van der Waals surface area contributed by atoms with Crippen LogP contribution >= 0.6 is 34.7 Å². The SMILES string of the molecule is C[C@@H](Sc1ccc(Cl)cc1)C(=O)NCCc1cccs1. The van der Waals surface area contributed by atoms with Crippen LogP contribution in [-0.4, -0.2) is 17.7 Å². The van der Waals surface area contributed by atoms with Crippen LogP contribution in [0.25, 0.3) is 0 Å². The van der Waals surface area contributed by atoms with Gasteiger partial charge < -0.3 is 5.32 Å². The van der Waals surface area contributed by atoms with Gasteiger partial charge in [-0.25, -0.2) is 0 Å². The molecule has 1 heterocycles. The Hall–Kier alpha value is -0.970. The van der Waals surface area contributed by atoms with Gasteiger partial charge in [0, 0.05) is 21.3 Å². The summed E-state index contributed by atoms with van der Waals surface area (Å²) in [6.45, 7) is 2.60. The van der Waals surface area contributed by atoms with Gasteiger partial charge in [-0.2, -0.15) is 0 Å². The van der Waals surface area contributed by atoms with Crippen LogP contribution in [0.5, 0.6) is 0 Å². The van der Waals surface area contributed by atoms with Crippen molar-refractivity contribution in [2.75, 3.05) is 6.54 Å². The van der Waals surface area contributed by atoms with Gasteiger partial charge >= 0.3 is 0 Å². The Morgan fingerprint density at radius 1 is 1.35 bits per heavy atom. The van der Waals surface area contributed by atoms with Gasteiger partial charge in [-0.3, -0.25) is 4.79 Å². The Labute approximate surface area is 132 Å². The quantitative estimate of drug-likeness (QED) is 0.805. The van der Waals surface area contributed by atoms with Crippen LogP contribution in [-0.2, 0) is 11.2 Å². The molecule has 2 rings (SSSR count). The smallest absolute Gasteiger partial charge is 0.233 e. The lowest BCUT2D eigenvalue weighted by molar-refractivity contribution is -0.120. The summed E-state index contributed by atoms with van der Waals surface area (Å²) in [5.41, 5.74) is 0. The molecule has 1 amide bonds. The first kappa shape index (κ1) is 15.4. The van der Waals surface area contributed by atoms with E-state index in [-0.39, 0.29) is 11.2 Å². The molecule has 0 radical (unpaired) electrons. The third kappa shape index (κ3) is 4.85. The summed E-state index contributed by atoms with van der Waals surface area (Å²) in [6.07, 6.45) is 0.891. The third-order valence-electron chi connectivity index (χ3n) is 2.75. The lowest BCUT2D eigenvalue weighted by Gasteiger charge is -2.11. The number of carbonyl (C=O) groups is 1.